The van der Waals surface area contributed by atoms with Crippen molar-refractivity contribution in [2.24, 2.45) is 0 Å². The minimum Gasteiger partial charge on any atom is -0.506 e. The quantitative estimate of drug-likeness (QED) is 0.314. The Morgan fingerprint density at radius 2 is 1.97 bits per heavy atom. The van der Waals surface area contributed by atoms with Crippen LogP contribution < -0.4 is 11.1 Å². The van der Waals surface area contributed by atoms with Gasteiger partial charge in [0.05, 0.1) is 16.3 Å². The highest BCUT2D eigenvalue weighted by atomic mass is 35.5. The van der Waals surface area contributed by atoms with E-state index in [4.69, 9.17) is 17.3 Å². The largest absolute Gasteiger partial charge is 0.506 e. The van der Waals surface area contributed by atoms with Crippen LogP contribution in [0.2, 0.25) is 5.02 Å². The smallest absolute Gasteiger partial charge is 0.240 e. The van der Waals surface area contributed by atoms with E-state index in [0.717, 1.165) is 6.07 Å². The molecule has 4 heterocycles. The zero-order valence-corrected chi connectivity index (χ0v) is 20.5. The number of nitrogen functional groups attached to an aromatic ring is 1. The third kappa shape index (κ3) is 3.62. The van der Waals surface area contributed by atoms with Crippen molar-refractivity contribution in [1.29, 1.82) is 0 Å². The molecule has 9 nitrogen and oxygen atoms in total. The van der Waals surface area contributed by atoms with Gasteiger partial charge < -0.3 is 20.6 Å². The van der Waals surface area contributed by atoms with Gasteiger partial charge in [-0.15, -0.1) is 0 Å². The molecule has 0 saturated heterocycles. The van der Waals surface area contributed by atoms with E-state index in [2.05, 4.69) is 25.3 Å². The van der Waals surface area contributed by atoms with Gasteiger partial charge in [0.15, 0.2) is 11.5 Å². The zero-order valence-electron chi connectivity index (χ0n) is 19.7. The van der Waals surface area contributed by atoms with Crippen LogP contribution >= 0.6 is 11.6 Å². The van der Waals surface area contributed by atoms with Gasteiger partial charge in [0.1, 0.15) is 40.1 Å². The lowest BCUT2D eigenvalue weighted by atomic mass is 9.77. The van der Waals surface area contributed by atoms with Gasteiger partial charge in [-0.1, -0.05) is 23.7 Å². The number of anilines is 2. The fraction of sp³-hybridized carbons (Fsp3) is 0.115. The molecule has 0 spiro atoms. The maximum absolute atomic E-state index is 14.4. The third-order valence-electron chi connectivity index (χ3n) is 6.69. The summed E-state index contributed by atoms with van der Waals surface area (Å²) in [6.07, 6.45) is 4.93. The minimum atomic E-state index is -1.28. The Kier molecular flexibility index (Phi) is 5.28. The van der Waals surface area contributed by atoms with Crippen LogP contribution in [0, 0.1) is 11.6 Å². The van der Waals surface area contributed by atoms with Crippen molar-refractivity contribution in [2.75, 3.05) is 11.1 Å². The average Bonchev–Trinajstić information content (AvgIpc) is 3.45. The second-order valence-electron chi connectivity index (χ2n) is 9.04. The standard InChI is InChI=1S/C26H18ClF2N7O2/c1-26(13-3-5-15(27)19(37)9-13)20-21(30)33-22(34-23(20)35-25(26)38)18-11-36-7-6-31-24(36)17(32-18)8-12-2-4-14(28)10-16(12)29/h2-7,9-11,37H,8H2,1H3,(H3,30,33,34,35,38)/t26-/m0/s1. The van der Waals surface area contributed by atoms with Gasteiger partial charge in [-0.2, -0.15) is 0 Å². The molecule has 0 unspecified atom stereocenters. The van der Waals surface area contributed by atoms with Crippen LogP contribution in [0.5, 0.6) is 5.75 Å². The summed E-state index contributed by atoms with van der Waals surface area (Å²) in [5.41, 5.74) is 7.33. The topological polar surface area (TPSA) is 131 Å². The average molecular weight is 534 g/mol. The van der Waals surface area contributed by atoms with Crippen molar-refractivity contribution in [1.82, 2.24) is 24.3 Å². The van der Waals surface area contributed by atoms with Gasteiger partial charge in [-0.25, -0.2) is 28.7 Å². The van der Waals surface area contributed by atoms with Crippen molar-refractivity contribution >= 4 is 34.8 Å². The highest BCUT2D eigenvalue weighted by Gasteiger charge is 2.47. The number of rotatable bonds is 4. The monoisotopic (exact) mass is 533 g/mol. The van der Waals surface area contributed by atoms with E-state index < -0.39 is 23.0 Å². The van der Waals surface area contributed by atoms with E-state index in [1.165, 1.54) is 24.3 Å². The Labute approximate surface area is 219 Å². The predicted octanol–water partition coefficient (Wildman–Crippen LogP) is 4.25. The van der Waals surface area contributed by atoms with E-state index >= 15 is 0 Å². The summed E-state index contributed by atoms with van der Waals surface area (Å²) in [5, 5.41) is 13.0. The molecule has 1 atom stereocenters. The molecule has 0 radical (unpaired) electrons. The molecular formula is C26H18ClF2N7O2. The normalized spacial score (nSPS) is 16.6. The lowest BCUT2D eigenvalue weighted by Crippen LogP contribution is -2.32. The summed E-state index contributed by atoms with van der Waals surface area (Å²) in [7, 11) is 0. The lowest BCUT2D eigenvalue weighted by molar-refractivity contribution is -0.119. The van der Waals surface area contributed by atoms with Crippen LogP contribution in [0.3, 0.4) is 0 Å². The Balaban J connectivity index is 1.46. The molecule has 4 N–H and O–H groups in total. The molecule has 12 heteroatoms. The van der Waals surface area contributed by atoms with Gasteiger partial charge in [-0.05, 0) is 36.2 Å². The lowest BCUT2D eigenvalue weighted by Gasteiger charge is -2.23. The molecule has 5 aromatic rings. The predicted molar refractivity (Wildman–Crippen MR) is 136 cm³/mol. The van der Waals surface area contributed by atoms with E-state index in [1.54, 1.807) is 36.0 Å². The number of amides is 1. The fourth-order valence-electron chi connectivity index (χ4n) is 4.69. The number of phenols is 1. The molecule has 3 aromatic heterocycles. The van der Waals surface area contributed by atoms with Crippen LogP contribution in [0.15, 0.2) is 55.0 Å². The van der Waals surface area contributed by atoms with Crippen LogP contribution in [0.1, 0.15) is 29.3 Å². The molecule has 0 bridgehead atoms. The molecule has 190 valence electrons. The summed E-state index contributed by atoms with van der Waals surface area (Å²) in [5.74, 6) is -1.59. The Hall–Kier alpha value is -4.64. The highest BCUT2D eigenvalue weighted by Crippen LogP contribution is 2.46. The summed E-state index contributed by atoms with van der Waals surface area (Å²) in [6, 6.07) is 7.86. The van der Waals surface area contributed by atoms with Gasteiger partial charge in [0, 0.05) is 31.1 Å². The molecule has 1 aliphatic heterocycles. The number of halogens is 3. The van der Waals surface area contributed by atoms with E-state index in [9.17, 15) is 18.7 Å². The minimum absolute atomic E-state index is 0.0375. The maximum Gasteiger partial charge on any atom is 0.240 e. The number of carbonyl (C=O) groups excluding carboxylic acids is 1. The summed E-state index contributed by atoms with van der Waals surface area (Å²) >= 11 is 5.95. The van der Waals surface area contributed by atoms with Crippen molar-refractivity contribution in [3.8, 4) is 17.3 Å². The van der Waals surface area contributed by atoms with Crippen LogP contribution in [-0.4, -0.2) is 35.4 Å². The first-order valence-electron chi connectivity index (χ1n) is 11.4. The third-order valence-corrected chi connectivity index (χ3v) is 7.01. The number of benzene rings is 2. The molecule has 2 aromatic carbocycles. The number of aromatic nitrogens is 5. The number of carbonyl (C=O) groups is 1. The number of imidazole rings is 1. The van der Waals surface area contributed by atoms with Crippen LogP contribution in [0.25, 0.3) is 17.2 Å². The number of nitrogens with two attached hydrogens (primary N) is 1. The number of nitrogens with zero attached hydrogens (tertiary/aromatic N) is 5. The molecule has 6 rings (SSSR count). The van der Waals surface area contributed by atoms with E-state index in [1.807, 2.05) is 0 Å². The number of phenolic OH excluding ortho intramolecular Hbond substituents is 1. The Morgan fingerprint density at radius 1 is 1.16 bits per heavy atom. The van der Waals surface area contributed by atoms with Crippen molar-refractivity contribution in [3.05, 3.63) is 94.0 Å². The molecule has 0 fully saturated rings. The second-order valence-corrected chi connectivity index (χ2v) is 9.45. The van der Waals surface area contributed by atoms with Gasteiger partial charge in [0.2, 0.25) is 5.91 Å². The Bertz CT molecular complexity index is 1790. The maximum atomic E-state index is 14.4. The fourth-order valence-corrected chi connectivity index (χ4v) is 4.81. The molecule has 1 aliphatic rings. The van der Waals surface area contributed by atoms with Gasteiger partial charge in [0.25, 0.3) is 0 Å². The summed E-state index contributed by atoms with van der Waals surface area (Å²) in [4.78, 5) is 31.1. The SMILES string of the molecule is C[C@@]1(c2ccc(Cl)c(O)c2)C(=O)Nc2nc(-c3cn4ccnc4c(Cc4ccc(F)cc4F)n3)nc(N)c21. The number of hydrogen-bond acceptors (Lipinski definition) is 7. The molecule has 0 saturated carbocycles. The van der Waals surface area contributed by atoms with Crippen LogP contribution in [0.4, 0.5) is 20.4 Å². The van der Waals surface area contributed by atoms with Gasteiger partial charge in [-0.3, -0.25) is 4.79 Å². The van der Waals surface area contributed by atoms with Crippen LogP contribution in [-0.2, 0) is 16.6 Å². The second kappa shape index (κ2) is 8.45. The first kappa shape index (κ1) is 23.7. The van der Waals surface area contributed by atoms with Crippen molar-refractivity contribution < 1.29 is 18.7 Å². The summed E-state index contributed by atoms with van der Waals surface area (Å²) < 4.78 is 29.5. The van der Waals surface area contributed by atoms with Crippen molar-refractivity contribution in [2.45, 2.75) is 18.8 Å². The van der Waals surface area contributed by atoms with Crippen molar-refractivity contribution in [3.63, 3.8) is 0 Å². The number of fused-ring (bicyclic) bond motifs is 2. The number of nitrogens with one attached hydrogen (secondary N) is 1. The van der Waals surface area contributed by atoms with Gasteiger partial charge >= 0.3 is 0 Å². The van der Waals surface area contributed by atoms with E-state index in [-0.39, 0.29) is 40.2 Å². The summed E-state index contributed by atoms with van der Waals surface area (Å²) in [6.45, 7) is 1.65. The molecule has 1 amide bonds. The highest BCUT2D eigenvalue weighted by molar-refractivity contribution is 6.32. The number of aromatic hydroxyl groups is 1. The molecule has 0 aliphatic carbocycles. The van der Waals surface area contributed by atoms with E-state index in [0.29, 0.717) is 28.2 Å². The molecular weight excluding hydrogens is 516 g/mol. The number of hydrogen-bond donors (Lipinski definition) is 3. The first-order chi connectivity index (χ1) is 18.1. The Morgan fingerprint density at radius 3 is 2.74 bits per heavy atom. The first-order valence-corrected chi connectivity index (χ1v) is 11.8. The zero-order chi connectivity index (χ0) is 26.8. The molecule has 38 heavy (non-hydrogen) atoms.